The molecule has 2 aromatic carbocycles. The van der Waals surface area contributed by atoms with Gasteiger partial charge in [0.25, 0.3) is 0 Å². The summed E-state index contributed by atoms with van der Waals surface area (Å²) in [7, 11) is 0. The largest absolute Gasteiger partial charge is 0.454 e. The molecule has 1 heterocycles. The molecule has 0 aliphatic carbocycles. The highest BCUT2D eigenvalue weighted by Crippen LogP contribution is 2.27. The molecular weight excluding hydrogens is 306 g/mol. The number of hydrogen-bond donors (Lipinski definition) is 0. The average Bonchev–Trinajstić information content (AvgIpc) is 3.00. The summed E-state index contributed by atoms with van der Waals surface area (Å²) in [6, 6.07) is 9.81. The predicted octanol–water partition coefficient (Wildman–Crippen LogP) is 3.99. The van der Waals surface area contributed by atoms with E-state index >= 15 is 0 Å². The molecule has 7 heteroatoms. The van der Waals surface area contributed by atoms with Crippen LogP contribution in [-0.4, -0.2) is 21.7 Å². The van der Waals surface area contributed by atoms with Gasteiger partial charge in [-0.3, -0.25) is 0 Å². The van der Waals surface area contributed by atoms with Crippen LogP contribution in [0.15, 0.2) is 48.7 Å². The topological polar surface area (TPSA) is 39.9 Å². The highest BCUT2D eigenvalue weighted by Gasteiger charge is 2.08. The Kier molecular flexibility index (Phi) is 4.27. The first kappa shape index (κ1) is 15.1. The second-order valence-electron chi connectivity index (χ2n) is 4.76. The van der Waals surface area contributed by atoms with Crippen LogP contribution in [0, 0.1) is 11.6 Å². The van der Waals surface area contributed by atoms with E-state index in [2.05, 4.69) is 10.3 Å². The zero-order valence-corrected chi connectivity index (χ0v) is 11.9. The Morgan fingerprint density at radius 1 is 1.04 bits per heavy atom. The van der Waals surface area contributed by atoms with Gasteiger partial charge in [0.1, 0.15) is 23.9 Å². The van der Waals surface area contributed by atoms with Gasteiger partial charge in [-0.25, -0.2) is 17.9 Å². The van der Waals surface area contributed by atoms with Crippen molar-refractivity contribution in [3.05, 3.63) is 60.3 Å². The first-order valence-corrected chi connectivity index (χ1v) is 6.85. The normalized spacial score (nSPS) is 10.7. The molecule has 0 amide bonds. The van der Waals surface area contributed by atoms with E-state index in [-0.39, 0.29) is 12.3 Å². The Labute approximate surface area is 130 Å². The maximum absolute atomic E-state index is 13.5. The lowest BCUT2D eigenvalue weighted by molar-refractivity contribution is 0.422. The molecule has 0 saturated carbocycles. The molecule has 0 fully saturated rings. The molecule has 1 aromatic heterocycles. The number of rotatable bonds is 5. The van der Waals surface area contributed by atoms with Crippen molar-refractivity contribution >= 4 is 0 Å². The second kappa shape index (κ2) is 6.51. The van der Waals surface area contributed by atoms with Crippen LogP contribution in [0.5, 0.6) is 11.5 Å². The van der Waals surface area contributed by atoms with Gasteiger partial charge >= 0.3 is 0 Å². The molecule has 4 nitrogen and oxygen atoms in total. The van der Waals surface area contributed by atoms with Crippen molar-refractivity contribution in [2.45, 2.75) is 6.54 Å². The number of alkyl halides is 1. The fraction of sp³-hybridized carbons (Fsp3) is 0.125. The molecule has 23 heavy (non-hydrogen) atoms. The van der Waals surface area contributed by atoms with Crippen LogP contribution < -0.4 is 4.74 Å². The van der Waals surface area contributed by atoms with Gasteiger partial charge in [-0.15, -0.1) is 5.10 Å². The highest BCUT2D eigenvalue weighted by molar-refractivity contribution is 5.58. The van der Waals surface area contributed by atoms with Crippen molar-refractivity contribution in [2.75, 3.05) is 6.67 Å². The zero-order valence-electron chi connectivity index (χ0n) is 11.9. The molecule has 0 spiro atoms. The fourth-order valence-electron chi connectivity index (χ4n) is 2.01. The number of nitrogens with zero attached hydrogens (tertiary/aromatic N) is 3. The summed E-state index contributed by atoms with van der Waals surface area (Å²) in [5.41, 5.74) is 1.36. The molecule has 0 bridgehead atoms. The van der Waals surface area contributed by atoms with Gasteiger partial charge in [-0.05, 0) is 36.4 Å². The van der Waals surface area contributed by atoms with Crippen molar-refractivity contribution in [3.8, 4) is 22.8 Å². The maximum atomic E-state index is 13.5. The molecule has 0 saturated heterocycles. The molecule has 0 radical (unpaired) electrons. The van der Waals surface area contributed by atoms with Gasteiger partial charge in [-0.2, -0.15) is 0 Å². The molecule has 3 rings (SSSR count). The zero-order chi connectivity index (χ0) is 16.2. The number of aromatic nitrogens is 3. The molecule has 0 aliphatic heterocycles. The smallest absolute Gasteiger partial charge is 0.168 e. The first-order valence-electron chi connectivity index (χ1n) is 6.85. The van der Waals surface area contributed by atoms with Gasteiger partial charge in [0.05, 0.1) is 12.7 Å². The van der Waals surface area contributed by atoms with E-state index in [0.29, 0.717) is 11.4 Å². The number of aryl methyl sites for hydroxylation is 1. The van der Waals surface area contributed by atoms with Crippen molar-refractivity contribution in [1.82, 2.24) is 15.0 Å². The Bertz CT molecular complexity index is 803. The predicted molar refractivity (Wildman–Crippen MR) is 77.9 cm³/mol. The van der Waals surface area contributed by atoms with Crippen LogP contribution in [0.3, 0.4) is 0 Å². The van der Waals surface area contributed by atoms with Gasteiger partial charge in [-0.1, -0.05) is 5.21 Å². The number of hydrogen-bond acceptors (Lipinski definition) is 3. The minimum Gasteiger partial charge on any atom is -0.454 e. The number of ether oxygens (including phenoxy) is 1. The lowest BCUT2D eigenvalue weighted by Crippen LogP contribution is -1.99. The maximum Gasteiger partial charge on any atom is 0.168 e. The van der Waals surface area contributed by atoms with Crippen molar-refractivity contribution in [2.24, 2.45) is 0 Å². The molecule has 0 atom stereocenters. The lowest BCUT2D eigenvalue weighted by Gasteiger charge is -2.07. The molecule has 118 valence electrons. The number of halogens is 3. The second-order valence-corrected chi connectivity index (χ2v) is 4.76. The van der Waals surface area contributed by atoms with E-state index in [9.17, 15) is 13.2 Å². The summed E-state index contributed by atoms with van der Waals surface area (Å²) in [5.74, 6) is -1.10. The van der Waals surface area contributed by atoms with Crippen molar-refractivity contribution < 1.29 is 17.9 Å². The third-order valence-electron chi connectivity index (χ3n) is 3.12. The standard InChI is InChI=1S/C16H12F3N3O/c17-7-8-22-10-15(20-21-22)11-1-4-13(5-2-11)23-16-6-3-12(18)9-14(16)19/h1-6,9-10H,7-8H2/i17-1. The van der Waals surface area contributed by atoms with E-state index in [1.54, 1.807) is 30.5 Å². The third-order valence-corrected chi connectivity index (χ3v) is 3.12. The van der Waals surface area contributed by atoms with Crippen LogP contribution in [0.1, 0.15) is 0 Å². The molecule has 0 unspecified atom stereocenters. The fourth-order valence-corrected chi connectivity index (χ4v) is 2.01. The van der Waals surface area contributed by atoms with E-state index in [0.717, 1.165) is 17.7 Å². The highest BCUT2D eigenvalue weighted by atomic mass is 19.1. The summed E-state index contributed by atoms with van der Waals surface area (Å²) in [4.78, 5) is 0. The van der Waals surface area contributed by atoms with Crippen LogP contribution in [0.4, 0.5) is 13.2 Å². The average molecular weight is 318 g/mol. The van der Waals surface area contributed by atoms with E-state index in [4.69, 9.17) is 4.74 Å². The van der Waals surface area contributed by atoms with E-state index < -0.39 is 18.3 Å². The lowest BCUT2D eigenvalue weighted by atomic mass is 10.1. The van der Waals surface area contributed by atoms with Gasteiger partial charge in [0.2, 0.25) is 0 Å². The van der Waals surface area contributed by atoms with Crippen molar-refractivity contribution in [3.63, 3.8) is 0 Å². The Hall–Kier alpha value is -2.83. The van der Waals surface area contributed by atoms with Gasteiger partial charge in [0.15, 0.2) is 11.6 Å². The van der Waals surface area contributed by atoms with Gasteiger partial charge in [0, 0.05) is 11.6 Å². The monoisotopic (exact) mass is 318 g/mol. The first-order chi connectivity index (χ1) is 11.2. The molecule has 0 aliphatic rings. The summed E-state index contributed by atoms with van der Waals surface area (Å²) in [6.07, 6.45) is 1.63. The summed E-state index contributed by atoms with van der Waals surface area (Å²) >= 11 is 0. The van der Waals surface area contributed by atoms with Crippen molar-refractivity contribution in [1.29, 1.82) is 0 Å². The number of benzene rings is 2. The van der Waals surface area contributed by atoms with Crippen LogP contribution in [-0.2, 0) is 6.54 Å². The summed E-state index contributed by atoms with van der Waals surface area (Å²) < 4.78 is 45.4. The molecular formula is C16H12F3N3O. The molecule has 3 aromatic rings. The Morgan fingerprint density at radius 3 is 2.52 bits per heavy atom. The summed E-state index contributed by atoms with van der Waals surface area (Å²) in [5, 5.41) is 7.75. The Morgan fingerprint density at radius 2 is 1.83 bits per heavy atom. The minimum absolute atomic E-state index is 0.0620. The van der Waals surface area contributed by atoms with Crippen LogP contribution in [0.2, 0.25) is 0 Å². The SMILES string of the molecule is Fc1ccc(Oc2ccc(-c3cn(CC[18F])nn3)cc2)c(F)c1. The molecule has 0 N–H and O–H groups in total. The minimum atomic E-state index is -0.775. The quantitative estimate of drug-likeness (QED) is 0.714. The van der Waals surface area contributed by atoms with Gasteiger partial charge < -0.3 is 4.74 Å². The van der Waals surface area contributed by atoms with Crippen LogP contribution in [0.25, 0.3) is 11.3 Å². The van der Waals surface area contributed by atoms with Crippen LogP contribution >= 0.6 is 0 Å². The van der Waals surface area contributed by atoms with E-state index in [1.165, 1.54) is 10.7 Å². The summed E-state index contributed by atoms with van der Waals surface area (Å²) in [6.45, 7) is -0.364. The third kappa shape index (κ3) is 3.50. The van der Waals surface area contributed by atoms with E-state index in [1.807, 2.05) is 0 Å². The Balaban J connectivity index is 1.76.